The first kappa shape index (κ1) is 23.5. The van der Waals surface area contributed by atoms with Crippen molar-refractivity contribution in [2.45, 2.75) is 39.5 Å². The van der Waals surface area contributed by atoms with Crippen LogP contribution in [0, 0.1) is 25.2 Å². The van der Waals surface area contributed by atoms with Crippen molar-refractivity contribution in [3.8, 4) is 6.07 Å². The summed E-state index contributed by atoms with van der Waals surface area (Å²) in [6.45, 7) is 8.10. The summed E-state index contributed by atoms with van der Waals surface area (Å²) in [5, 5.41) is 14.7. The van der Waals surface area contributed by atoms with Gasteiger partial charge < -0.3 is 19.5 Å². The number of anilines is 1. The summed E-state index contributed by atoms with van der Waals surface area (Å²) in [6.07, 6.45) is 2.17. The average Bonchev–Trinajstić information content (AvgIpc) is 3.34. The van der Waals surface area contributed by atoms with E-state index < -0.39 is 6.29 Å². The zero-order valence-electron chi connectivity index (χ0n) is 19.5. The lowest BCUT2D eigenvalue weighted by molar-refractivity contribution is -0.127. The third-order valence-electron chi connectivity index (χ3n) is 5.77. The fourth-order valence-corrected chi connectivity index (χ4v) is 4.08. The topological polar surface area (TPSA) is 122 Å². The summed E-state index contributed by atoms with van der Waals surface area (Å²) >= 11 is 0. The quantitative estimate of drug-likeness (QED) is 0.636. The van der Waals surface area contributed by atoms with E-state index in [2.05, 4.69) is 26.8 Å². The van der Waals surface area contributed by atoms with Crippen LogP contribution in [0.4, 0.5) is 5.82 Å². The Balaban J connectivity index is 1.62. The molecule has 2 aliphatic rings. The molecule has 0 spiro atoms. The molecule has 10 nitrogen and oxygen atoms in total. The second kappa shape index (κ2) is 10.5. The molecule has 1 atom stereocenters. The Morgan fingerprint density at radius 1 is 1.24 bits per heavy atom. The molecule has 0 aliphatic carbocycles. The van der Waals surface area contributed by atoms with E-state index in [1.807, 2.05) is 31.0 Å². The fourth-order valence-electron chi connectivity index (χ4n) is 4.08. The molecule has 4 rings (SSSR count). The highest BCUT2D eigenvalue weighted by atomic mass is 16.7. The van der Waals surface area contributed by atoms with Gasteiger partial charge in [-0.3, -0.25) is 10.2 Å². The van der Waals surface area contributed by atoms with Crippen molar-refractivity contribution in [2.75, 3.05) is 31.6 Å². The molecule has 2 aliphatic heterocycles. The fraction of sp³-hybridized carbons (Fsp3) is 0.417. The SMILES string of the molecule is Cc1nc(CC(=O)NN2CCOCC2)c(C2OC=CO2)c(N[C@H](C)c2cccc(C#N)c2C)n1. The molecule has 1 amide bonds. The monoisotopic (exact) mass is 464 g/mol. The number of carbonyl (C=O) groups is 1. The van der Waals surface area contributed by atoms with E-state index in [1.54, 1.807) is 13.0 Å². The summed E-state index contributed by atoms with van der Waals surface area (Å²) in [5.41, 5.74) is 6.49. The lowest BCUT2D eigenvalue weighted by Gasteiger charge is -2.27. The van der Waals surface area contributed by atoms with Crippen LogP contribution in [-0.4, -0.2) is 47.2 Å². The normalized spacial score (nSPS) is 16.9. The highest BCUT2D eigenvalue weighted by Crippen LogP contribution is 2.34. The van der Waals surface area contributed by atoms with Crippen LogP contribution in [0.2, 0.25) is 0 Å². The summed E-state index contributed by atoms with van der Waals surface area (Å²) < 4.78 is 16.6. The first-order chi connectivity index (χ1) is 16.5. The number of ether oxygens (including phenoxy) is 3. The molecule has 178 valence electrons. The molecule has 10 heteroatoms. The van der Waals surface area contributed by atoms with E-state index in [0.717, 1.165) is 11.1 Å². The summed E-state index contributed by atoms with van der Waals surface area (Å²) in [6, 6.07) is 7.68. The lowest BCUT2D eigenvalue weighted by atomic mass is 9.98. The minimum absolute atomic E-state index is 0.0330. The molecule has 34 heavy (non-hydrogen) atoms. The number of nitrogens with zero attached hydrogens (tertiary/aromatic N) is 4. The van der Waals surface area contributed by atoms with Crippen LogP contribution < -0.4 is 10.7 Å². The van der Waals surface area contributed by atoms with E-state index in [9.17, 15) is 10.1 Å². The van der Waals surface area contributed by atoms with Gasteiger partial charge in [-0.15, -0.1) is 0 Å². The van der Waals surface area contributed by atoms with Crippen molar-refractivity contribution in [2.24, 2.45) is 0 Å². The number of hydrogen-bond donors (Lipinski definition) is 2. The number of nitrogens with one attached hydrogen (secondary N) is 2. The Kier molecular flexibility index (Phi) is 7.25. The van der Waals surface area contributed by atoms with Gasteiger partial charge in [0.1, 0.15) is 24.2 Å². The Morgan fingerprint density at radius 3 is 2.68 bits per heavy atom. The van der Waals surface area contributed by atoms with Crippen LogP contribution >= 0.6 is 0 Å². The van der Waals surface area contributed by atoms with E-state index in [-0.39, 0.29) is 18.4 Å². The minimum atomic E-state index is -0.770. The van der Waals surface area contributed by atoms with Crippen LogP contribution in [-0.2, 0) is 25.4 Å². The van der Waals surface area contributed by atoms with E-state index in [1.165, 1.54) is 12.5 Å². The molecule has 3 heterocycles. The van der Waals surface area contributed by atoms with E-state index >= 15 is 0 Å². The second-order valence-corrected chi connectivity index (χ2v) is 8.16. The van der Waals surface area contributed by atoms with Gasteiger partial charge in [-0.05, 0) is 38.0 Å². The molecule has 1 aromatic heterocycles. The summed E-state index contributed by atoms with van der Waals surface area (Å²) in [7, 11) is 0. The molecule has 0 saturated carbocycles. The summed E-state index contributed by atoms with van der Waals surface area (Å²) in [5.74, 6) is 0.842. The van der Waals surface area contributed by atoms with Gasteiger partial charge in [-0.1, -0.05) is 12.1 Å². The molecule has 0 radical (unpaired) electrons. The maximum absolute atomic E-state index is 12.8. The van der Waals surface area contributed by atoms with Crippen molar-refractivity contribution in [3.63, 3.8) is 0 Å². The molecule has 1 fully saturated rings. The predicted octanol–water partition coefficient (Wildman–Crippen LogP) is 2.56. The largest absolute Gasteiger partial charge is 0.455 e. The Hall–Kier alpha value is -3.68. The number of aromatic nitrogens is 2. The lowest BCUT2D eigenvalue weighted by Crippen LogP contribution is -2.49. The maximum atomic E-state index is 12.8. The van der Waals surface area contributed by atoms with Crippen molar-refractivity contribution >= 4 is 11.7 Å². The van der Waals surface area contributed by atoms with Gasteiger partial charge in [-0.2, -0.15) is 5.26 Å². The van der Waals surface area contributed by atoms with Crippen LogP contribution in [0.3, 0.4) is 0 Å². The Bertz CT molecular complexity index is 1120. The van der Waals surface area contributed by atoms with Gasteiger partial charge in [0.2, 0.25) is 5.91 Å². The van der Waals surface area contributed by atoms with Crippen molar-refractivity contribution < 1.29 is 19.0 Å². The molecule has 2 N–H and O–H groups in total. The molecule has 0 unspecified atom stereocenters. The zero-order valence-corrected chi connectivity index (χ0v) is 19.5. The number of morpholine rings is 1. The van der Waals surface area contributed by atoms with Gasteiger partial charge >= 0.3 is 0 Å². The minimum Gasteiger partial charge on any atom is -0.455 e. The van der Waals surface area contributed by atoms with Crippen LogP contribution in [0.1, 0.15) is 53.0 Å². The molecule has 2 aromatic rings. The molecule has 0 bridgehead atoms. The number of rotatable bonds is 7. The molecular weight excluding hydrogens is 436 g/mol. The molecule has 1 saturated heterocycles. The van der Waals surface area contributed by atoms with Gasteiger partial charge in [0.25, 0.3) is 6.29 Å². The number of benzene rings is 1. The smallest absolute Gasteiger partial charge is 0.271 e. The zero-order chi connectivity index (χ0) is 24.1. The predicted molar refractivity (Wildman–Crippen MR) is 123 cm³/mol. The number of amides is 1. The Labute approximate surface area is 198 Å². The van der Waals surface area contributed by atoms with Gasteiger partial charge in [0.05, 0.1) is 48.6 Å². The van der Waals surface area contributed by atoms with Gasteiger partial charge in [0.15, 0.2) is 0 Å². The number of hydrogen-bond acceptors (Lipinski definition) is 9. The first-order valence-corrected chi connectivity index (χ1v) is 11.2. The number of carbonyl (C=O) groups excluding carboxylic acids is 1. The van der Waals surface area contributed by atoms with Crippen molar-refractivity contribution in [1.82, 2.24) is 20.4 Å². The highest BCUT2D eigenvalue weighted by Gasteiger charge is 2.29. The standard InChI is InChI=1S/C24H28N6O4/c1-15-18(14-25)5-4-6-19(15)16(2)26-23-22(24-33-11-12-34-24)20(27-17(3)28-23)13-21(31)29-30-7-9-32-10-8-30/h4-6,11-12,16,24H,7-10,13H2,1-3H3,(H,29,31)(H,26,27,28)/t16-/m1/s1. The average molecular weight is 465 g/mol. The third-order valence-corrected chi connectivity index (χ3v) is 5.77. The highest BCUT2D eigenvalue weighted by molar-refractivity contribution is 5.78. The van der Waals surface area contributed by atoms with Crippen molar-refractivity contribution in [3.05, 3.63) is 64.5 Å². The van der Waals surface area contributed by atoms with Gasteiger partial charge in [-0.25, -0.2) is 15.0 Å². The van der Waals surface area contributed by atoms with Crippen LogP contribution in [0.15, 0.2) is 30.7 Å². The molecular formula is C24H28N6O4. The first-order valence-electron chi connectivity index (χ1n) is 11.2. The second-order valence-electron chi connectivity index (χ2n) is 8.16. The third kappa shape index (κ3) is 5.27. The van der Waals surface area contributed by atoms with E-state index in [4.69, 9.17) is 14.2 Å². The van der Waals surface area contributed by atoms with Crippen LogP contribution in [0.25, 0.3) is 0 Å². The van der Waals surface area contributed by atoms with E-state index in [0.29, 0.717) is 54.8 Å². The number of hydrazine groups is 1. The Morgan fingerprint density at radius 2 is 1.97 bits per heavy atom. The number of aryl methyl sites for hydroxylation is 1. The van der Waals surface area contributed by atoms with Crippen LogP contribution in [0.5, 0.6) is 0 Å². The van der Waals surface area contributed by atoms with Crippen molar-refractivity contribution in [1.29, 1.82) is 5.26 Å². The van der Waals surface area contributed by atoms with Gasteiger partial charge in [0, 0.05) is 13.1 Å². The summed E-state index contributed by atoms with van der Waals surface area (Å²) in [4.78, 5) is 22.0. The number of nitriles is 1. The molecule has 1 aromatic carbocycles. The maximum Gasteiger partial charge on any atom is 0.271 e.